The molecule has 1 atom stereocenters. The first-order valence-electron chi connectivity index (χ1n) is 7.48. The molecule has 6 heteroatoms. The maximum absolute atomic E-state index is 11.6. The molecule has 114 valence electrons. The van der Waals surface area contributed by atoms with E-state index in [9.17, 15) is 4.79 Å². The molecule has 3 heterocycles. The van der Waals surface area contributed by atoms with Gasteiger partial charge in [0.1, 0.15) is 11.6 Å². The lowest BCUT2D eigenvalue weighted by atomic mass is 9.95. The number of amides is 1. The van der Waals surface area contributed by atoms with E-state index in [0.717, 1.165) is 37.4 Å². The maximum atomic E-state index is 11.6. The van der Waals surface area contributed by atoms with Crippen molar-refractivity contribution >= 4 is 17.5 Å². The minimum atomic E-state index is 0.125. The minimum absolute atomic E-state index is 0.125. The van der Waals surface area contributed by atoms with Gasteiger partial charge >= 0.3 is 0 Å². The van der Waals surface area contributed by atoms with E-state index in [4.69, 9.17) is 0 Å². The Morgan fingerprint density at radius 1 is 1.32 bits per heavy atom. The van der Waals surface area contributed by atoms with Gasteiger partial charge in [-0.05, 0) is 25.0 Å². The molecule has 0 radical (unpaired) electrons. The van der Waals surface area contributed by atoms with Gasteiger partial charge in [-0.2, -0.15) is 0 Å². The molecule has 3 rings (SSSR count). The lowest BCUT2D eigenvalue weighted by Crippen LogP contribution is -2.37. The summed E-state index contributed by atoms with van der Waals surface area (Å²) in [6.45, 7) is 3.18. The summed E-state index contributed by atoms with van der Waals surface area (Å²) in [7, 11) is 0. The molecule has 6 nitrogen and oxygen atoms in total. The van der Waals surface area contributed by atoms with E-state index in [0.29, 0.717) is 5.82 Å². The van der Waals surface area contributed by atoms with Gasteiger partial charge in [-0.1, -0.05) is 6.07 Å². The van der Waals surface area contributed by atoms with Crippen LogP contribution in [0.1, 0.15) is 31.4 Å². The van der Waals surface area contributed by atoms with E-state index in [1.54, 1.807) is 25.5 Å². The molecule has 1 aliphatic rings. The van der Waals surface area contributed by atoms with Crippen LogP contribution in [0.2, 0.25) is 0 Å². The Morgan fingerprint density at radius 2 is 2.23 bits per heavy atom. The van der Waals surface area contributed by atoms with Crippen molar-refractivity contribution in [1.29, 1.82) is 0 Å². The van der Waals surface area contributed by atoms with Gasteiger partial charge < -0.3 is 10.2 Å². The Balaban J connectivity index is 1.75. The summed E-state index contributed by atoms with van der Waals surface area (Å²) >= 11 is 0. The van der Waals surface area contributed by atoms with Crippen molar-refractivity contribution in [1.82, 2.24) is 19.9 Å². The number of aromatic nitrogens is 3. The highest BCUT2D eigenvalue weighted by atomic mass is 16.2. The third-order valence-electron chi connectivity index (χ3n) is 3.86. The average molecular weight is 297 g/mol. The van der Waals surface area contributed by atoms with Crippen LogP contribution >= 0.6 is 0 Å². The molecule has 0 unspecified atom stereocenters. The smallest absolute Gasteiger partial charge is 0.219 e. The summed E-state index contributed by atoms with van der Waals surface area (Å²) in [6.07, 6.45) is 7.24. The summed E-state index contributed by atoms with van der Waals surface area (Å²) in [6, 6.07) is 5.66. The highest BCUT2D eigenvalue weighted by Crippen LogP contribution is 2.26. The predicted molar refractivity (Wildman–Crippen MR) is 83.8 cm³/mol. The number of nitrogens with one attached hydrogen (secondary N) is 1. The number of anilines is 2. The lowest BCUT2D eigenvalue weighted by Gasteiger charge is -2.31. The lowest BCUT2D eigenvalue weighted by molar-refractivity contribution is -0.130. The Morgan fingerprint density at radius 3 is 3.00 bits per heavy atom. The number of hydrogen-bond donors (Lipinski definition) is 1. The maximum Gasteiger partial charge on any atom is 0.219 e. The zero-order valence-corrected chi connectivity index (χ0v) is 12.6. The molecule has 0 aromatic carbocycles. The zero-order valence-electron chi connectivity index (χ0n) is 12.6. The molecule has 1 aliphatic heterocycles. The van der Waals surface area contributed by atoms with Crippen molar-refractivity contribution in [2.24, 2.45) is 0 Å². The molecule has 1 saturated heterocycles. The Hall–Kier alpha value is -2.50. The molecule has 0 saturated carbocycles. The average Bonchev–Trinajstić information content (AvgIpc) is 2.56. The number of nitrogens with zero attached hydrogens (tertiary/aromatic N) is 4. The zero-order chi connectivity index (χ0) is 15.4. The van der Waals surface area contributed by atoms with E-state index in [1.807, 2.05) is 23.1 Å². The van der Waals surface area contributed by atoms with Crippen LogP contribution in [0.15, 0.2) is 36.8 Å². The molecule has 1 fully saturated rings. The molecule has 2 aromatic heterocycles. The third-order valence-corrected chi connectivity index (χ3v) is 3.86. The van der Waals surface area contributed by atoms with E-state index in [2.05, 4.69) is 20.3 Å². The summed E-state index contributed by atoms with van der Waals surface area (Å²) in [5.41, 5.74) is 0.923. The van der Waals surface area contributed by atoms with Gasteiger partial charge in [-0.25, -0.2) is 9.97 Å². The number of likely N-dealkylation sites (tertiary alicyclic amines) is 1. The van der Waals surface area contributed by atoms with Crippen LogP contribution in [-0.2, 0) is 4.79 Å². The number of piperidine rings is 1. The van der Waals surface area contributed by atoms with Gasteiger partial charge in [-0.15, -0.1) is 0 Å². The third kappa shape index (κ3) is 3.39. The molecule has 2 aromatic rings. The second kappa shape index (κ2) is 6.51. The van der Waals surface area contributed by atoms with Gasteiger partial charge in [0.25, 0.3) is 0 Å². The van der Waals surface area contributed by atoms with Gasteiger partial charge in [0, 0.05) is 38.3 Å². The van der Waals surface area contributed by atoms with Gasteiger partial charge in [0.2, 0.25) is 5.91 Å². The Labute approximate surface area is 129 Å². The standard InChI is InChI=1S/C16H19N5O/c1-12(22)21-8-4-5-13(11-21)14-9-17-10-16(19-14)20-15-6-2-3-7-18-15/h2-3,6-7,9-10,13H,4-5,8,11H2,1H3,(H,18,19,20)/t13-/m1/s1. The summed E-state index contributed by atoms with van der Waals surface area (Å²) < 4.78 is 0. The van der Waals surface area contributed by atoms with E-state index >= 15 is 0 Å². The van der Waals surface area contributed by atoms with Crippen molar-refractivity contribution in [3.8, 4) is 0 Å². The number of hydrogen-bond acceptors (Lipinski definition) is 5. The number of carbonyl (C=O) groups is 1. The quantitative estimate of drug-likeness (QED) is 0.941. The number of rotatable bonds is 3. The fourth-order valence-electron chi connectivity index (χ4n) is 2.71. The molecule has 1 N–H and O–H groups in total. The van der Waals surface area contributed by atoms with Crippen LogP contribution < -0.4 is 5.32 Å². The summed E-state index contributed by atoms with van der Waals surface area (Å²) in [4.78, 5) is 26.6. The first kappa shape index (κ1) is 14.4. The fraction of sp³-hybridized carbons (Fsp3) is 0.375. The normalized spacial score (nSPS) is 18.0. The second-order valence-corrected chi connectivity index (χ2v) is 5.47. The molecule has 0 spiro atoms. The Bertz CT molecular complexity index is 646. The van der Waals surface area contributed by atoms with Crippen molar-refractivity contribution in [2.75, 3.05) is 18.4 Å². The van der Waals surface area contributed by atoms with Crippen LogP contribution in [0.25, 0.3) is 0 Å². The van der Waals surface area contributed by atoms with Crippen LogP contribution in [0.5, 0.6) is 0 Å². The van der Waals surface area contributed by atoms with E-state index in [-0.39, 0.29) is 11.8 Å². The second-order valence-electron chi connectivity index (χ2n) is 5.47. The highest BCUT2D eigenvalue weighted by molar-refractivity contribution is 5.73. The monoisotopic (exact) mass is 297 g/mol. The van der Waals surface area contributed by atoms with Gasteiger partial charge in [-0.3, -0.25) is 9.78 Å². The molecular weight excluding hydrogens is 278 g/mol. The van der Waals surface area contributed by atoms with E-state index in [1.165, 1.54) is 0 Å². The van der Waals surface area contributed by atoms with Gasteiger partial charge in [0.05, 0.1) is 11.9 Å². The Kier molecular flexibility index (Phi) is 4.27. The SMILES string of the molecule is CC(=O)N1CCC[C@@H](c2cncc(Nc3ccccn3)n2)C1. The highest BCUT2D eigenvalue weighted by Gasteiger charge is 2.24. The summed E-state index contributed by atoms with van der Waals surface area (Å²) in [5.74, 6) is 1.79. The van der Waals surface area contributed by atoms with Crippen LogP contribution in [0.3, 0.4) is 0 Å². The fourth-order valence-corrected chi connectivity index (χ4v) is 2.71. The van der Waals surface area contributed by atoms with E-state index < -0.39 is 0 Å². The van der Waals surface area contributed by atoms with Crippen LogP contribution in [-0.4, -0.2) is 38.8 Å². The summed E-state index contributed by atoms with van der Waals surface area (Å²) in [5, 5.41) is 3.15. The number of carbonyl (C=O) groups excluding carboxylic acids is 1. The molecule has 22 heavy (non-hydrogen) atoms. The van der Waals surface area contributed by atoms with Crippen molar-refractivity contribution in [2.45, 2.75) is 25.7 Å². The number of pyridine rings is 1. The van der Waals surface area contributed by atoms with Crippen LogP contribution in [0, 0.1) is 0 Å². The molecule has 1 amide bonds. The van der Waals surface area contributed by atoms with Crippen molar-refractivity contribution in [3.05, 3.63) is 42.5 Å². The molecule has 0 bridgehead atoms. The first-order chi connectivity index (χ1) is 10.7. The van der Waals surface area contributed by atoms with Crippen molar-refractivity contribution < 1.29 is 4.79 Å². The predicted octanol–water partition coefficient (Wildman–Crippen LogP) is 2.34. The molecule has 0 aliphatic carbocycles. The largest absolute Gasteiger partial charge is 0.342 e. The first-order valence-corrected chi connectivity index (χ1v) is 7.48. The molecular formula is C16H19N5O. The topological polar surface area (TPSA) is 71.0 Å². The van der Waals surface area contributed by atoms with Crippen molar-refractivity contribution in [3.63, 3.8) is 0 Å². The van der Waals surface area contributed by atoms with Gasteiger partial charge in [0.15, 0.2) is 0 Å². The van der Waals surface area contributed by atoms with Crippen LogP contribution in [0.4, 0.5) is 11.6 Å². The minimum Gasteiger partial charge on any atom is -0.342 e.